The number of fused-ring (bicyclic) bond motifs is 1. The molecule has 1 aromatic carbocycles. The Morgan fingerprint density at radius 2 is 2.00 bits per heavy atom. The molecule has 0 unspecified atom stereocenters. The van der Waals surface area contributed by atoms with Crippen LogP contribution in [0.1, 0.15) is 23.0 Å². The summed E-state index contributed by atoms with van der Waals surface area (Å²) >= 11 is 0. The topological polar surface area (TPSA) is 80.4 Å². The predicted molar refractivity (Wildman–Crippen MR) is 83.6 cm³/mol. The van der Waals surface area contributed by atoms with Crippen molar-refractivity contribution in [3.05, 3.63) is 29.5 Å². The number of nitrogens with one attached hydrogen (secondary N) is 2. The van der Waals surface area contributed by atoms with E-state index in [9.17, 15) is 22.8 Å². The van der Waals surface area contributed by atoms with Gasteiger partial charge in [0.2, 0.25) is 0 Å². The second kappa shape index (κ2) is 7.45. The first-order valence-electron chi connectivity index (χ1n) is 7.48. The van der Waals surface area contributed by atoms with Gasteiger partial charge in [0.05, 0.1) is 13.7 Å². The molecular formula is C16H17F3N2O4. The van der Waals surface area contributed by atoms with Crippen LogP contribution in [0.4, 0.5) is 13.2 Å². The predicted octanol–water partition coefficient (Wildman–Crippen LogP) is 2.57. The van der Waals surface area contributed by atoms with Gasteiger partial charge in [-0.05, 0) is 37.1 Å². The Balaban J connectivity index is 2.32. The molecule has 9 heteroatoms. The van der Waals surface area contributed by atoms with Gasteiger partial charge in [0.1, 0.15) is 11.4 Å². The molecule has 2 N–H and O–H groups in total. The molecule has 1 aromatic heterocycles. The minimum absolute atomic E-state index is 0.0170. The average molecular weight is 358 g/mol. The largest absolute Gasteiger partial charge is 0.497 e. The first-order chi connectivity index (χ1) is 11.8. The van der Waals surface area contributed by atoms with Crippen LogP contribution in [0.25, 0.3) is 10.9 Å². The van der Waals surface area contributed by atoms with Crippen LogP contribution in [-0.4, -0.2) is 43.3 Å². The lowest BCUT2D eigenvalue weighted by atomic mass is 10.1. The van der Waals surface area contributed by atoms with Gasteiger partial charge in [-0.1, -0.05) is 0 Å². The van der Waals surface area contributed by atoms with Gasteiger partial charge in [-0.25, -0.2) is 4.79 Å². The maximum Gasteiger partial charge on any atom is 0.471 e. The Morgan fingerprint density at radius 1 is 1.28 bits per heavy atom. The van der Waals surface area contributed by atoms with Crippen LogP contribution in [0.2, 0.25) is 0 Å². The van der Waals surface area contributed by atoms with Crippen molar-refractivity contribution < 1.29 is 32.2 Å². The molecular weight excluding hydrogens is 341 g/mol. The molecule has 6 nitrogen and oxygen atoms in total. The van der Waals surface area contributed by atoms with Gasteiger partial charge in [-0.3, -0.25) is 4.79 Å². The second-order valence-corrected chi connectivity index (χ2v) is 5.11. The third-order valence-electron chi connectivity index (χ3n) is 3.51. The monoisotopic (exact) mass is 358 g/mol. The quantitative estimate of drug-likeness (QED) is 0.778. The van der Waals surface area contributed by atoms with Crippen molar-refractivity contribution in [1.82, 2.24) is 10.3 Å². The van der Waals surface area contributed by atoms with E-state index in [1.807, 2.05) is 0 Å². The van der Waals surface area contributed by atoms with Crippen molar-refractivity contribution in [2.75, 3.05) is 20.3 Å². The number of rotatable bonds is 6. The third-order valence-corrected chi connectivity index (χ3v) is 3.51. The number of hydrogen-bond donors (Lipinski definition) is 2. The zero-order valence-electron chi connectivity index (χ0n) is 13.6. The summed E-state index contributed by atoms with van der Waals surface area (Å²) in [6.45, 7) is 1.52. The van der Waals surface area contributed by atoms with Crippen molar-refractivity contribution in [3.8, 4) is 5.75 Å². The molecule has 0 aliphatic carbocycles. The van der Waals surface area contributed by atoms with E-state index in [2.05, 4.69) is 4.98 Å². The molecule has 25 heavy (non-hydrogen) atoms. The Morgan fingerprint density at radius 3 is 2.60 bits per heavy atom. The summed E-state index contributed by atoms with van der Waals surface area (Å²) in [5.74, 6) is -2.11. The van der Waals surface area contributed by atoms with Crippen LogP contribution in [-0.2, 0) is 16.0 Å². The lowest BCUT2D eigenvalue weighted by Gasteiger charge is -2.09. The number of H-pyrrole nitrogens is 1. The molecule has 0 saturated heterocycles. The molecule has 1 amide bonds. The Kier molecular flexibility index (Phi) is 5.55. The van der Waals surface area contributed by atoms with Gasteiger partial charge < -0.3 is 19.8 Å². The van der Waals surface area contributed by atoms with E-state index in [0.717, 1.165) is 0 Å². The van der Waals surface area contributed by atoms with Crippen LogP contribution in [0, 0.1) is 0 Å². The molecule has 0 bridgehead atoms. The first kappa shape index (κ1) is 18.6. The summed E-state index contributed by atoms with van der Waals surface area (Å²) in [6, 6.07) is 5.03. The van der Waals surface area contributed by atoms with E-state index in [4.69, 9.17) is 9.47 Å². The number of amides is 1. The van der Waals surface area contributed by atoms with E-state index in [-0.39, 0.29) is 25.3 Å². The van der Waals surface area contributed by atoms with Crippen molar-refractivity contribution >= 4 is 22.8 Å². The minimum Gasteiger partial charge on any atom is -0.497 e. The van der Waals surface area contributed by atoms with E-state index < -0.39 is 18.1 Å². The van der Waals surface area contributed by atoms with Gasteiger partial charge in [-0.15, -0.1) is 0 Å². The second-order valence-electron chi connectivity index (χ2n) is 5.11. The van der Waals surface area contributed by atoms with Crippen LogP contribution < -0.4 is 10.1 Å². The number of ether oxygens (including phenoxy) is 2. The summed E-state index contributed by atoms with van der Waals surface area (Å²) in [7, 11) is 1.48. The molecule has 1 heterocycles. The van der Waals surface area contributed by atoms with Crippen LogP contribution in [0.15, 0.2) is 18.2 Å². The summed E-state index contributed by atoms with van der Waals surface area (Å²) in [6.07, 6.45) is -4.93. The van der Waals surface area contributed by atoms with Crippen LogP contribution >= 0.6 is 0 Å². The number of halogens is 3. The number of aromatic amines is 1. The van der Waals surface area contributed by atoms with Gasteiger partial charge in [0, 0.05) is 17.4 Å². The average Bonchev–Trinajstić information content (AvgIpc) is 2.92. The highest BCUT2D eigenvalue weighted by Gasteiger charge is 2.38. The van der Waals surface area contributed by atoms with Crippen molar-refractivity contribution in [1.29, 1.82) is 0 Å². The highest BCUT2D eigenvalue weighted by atomic mass is 19.4. The molecule has 0 atom stereocenters. The number of esters is 1. The molecule has 0 aliphatic heterocycles. The molecule has 136 valence electrons. The summed E-state index contributed by atoms with van der Waals surface area (Å²) < 4.78 is 46.9. The van der Waals surface area contributed by atoms with Gasteiger partial charge in [0.25, 0.3) is 0 Å². The fourth-order valence-electron chi connectivity index (χ4n) is 2.39. The van der Waals surface area contributed by atoms with E-state index in [1.54, 1.807) is 30.4 Å². The molecule has 2 aromatic rings. The maximum atomic E-state index is 12.3. The van der Waals surface area contributed by atoms with Crippen molar-refractivity contribution in [3.63, 3.8) is 0 Å². The highest BCUT2D eigenvalue weighted by Crippen LogP contribution is 2.27. The lowest BCUT2D eigenvalue weighted by Crippen LogP contribution is -2.37. The van der Waals surface area contributed by atoms with Crippen molar-refractivity contribution in [2.24, 2.45) is 0 Å². The van der Waals surface area contributed by atoms with Gasteiger partial charge >= 0.3 is 18.1 Å². The maximum absolute atomic E-state index is 12.3. The highest BCUT2D eigenvalue weighted by molar-refractivity contribution is 5.98. The Labute approximate surface area is 141 Å². The van der Waals surface area contributed by atoms with Crippen LogP contribution in [0.5, 0.6) is 5.75 Å². The molecule has 0 fully saturated rings. The van der Waals surface area contributed by atoms with Crippen molar-refractivity contribution in [2.45, 2.75) is 19.5 Å². The summed E-state index contributed by atoms with van der Waals surface area (Å²) in [5, 5.41) is 2.41. The minimum atomic E-state index is -4.95. The zero-order chi connectivity index (χ0) is 18.6. The fourth-order valence-corrected chi connectivity index (χ4v) is 2.39. The number of carbonyl (C=O) groups excluding carboxylic acids is 2. The summed E-state index contributed by atoms with van der Waals surface area (Å²) in [4.78, 5) is 25.9. The van der Waals surface area contributed by atoms with Gasteiger partial charge in [-0.2, -0.15) is 13.2 Å². The third kappa shape index (κ3) is 4.23. The standard InChI is InChI=1S/C16H17F3N2O4/c1-3-25-14(22)13-10(6-7-20-15(23)16(17,18)19)11-8-9(24-2)4-5-12(11)21-13/h4-5,8,21H,3,6-7H2,1-2H3,(H,20,23). The van der Waals surface area contributed by atoms with E-state index >= 15 is 0 Å². The number of aromatic nitrogens is 1. The number of alkyl halides is 3. The normalized spacial score (nSPS) is 11.4. The van der Waals surface area contributed by atoms with E-state index in [1.165, 1.54) is 7.11 Å². The molecule has 0 aliphatic rings. The fraction of sp³-hybridized carbons (Fsp3) is 0.375. The molecule has 0 spiro atoms. The zero-order valence-corrected chi connectivity index (χ0v) is 13.6. The summed E-state index contributed by atoms with van der Waals surface area (Å²) in [5.41, 5.74) is 1.21. The number of methoxy groups -OCH3 is 1. The Hall–Kier alpha value is -2.71. The SMILES string of the molecule is CCOC(=O)c1[nH]c2ccc(OC)cc2c1CCNC(=O)C(F)(F)F. The number of carbonyl (C=O) groups is 2. The molecule has 0 saturated carbocycles. The van der Waals surface area contributed by atoms with Crippen LogP contribution in [0.3, 0.4) is 0 Å². The molecule has 2 rings (SSSR count). The lowest BCUT2D eigenvalue weighted by molar-refractivity contribution is -0.173. The Bertz CT molecular complexity index is 784. The number of benzene rings is 1. The molecule has 0 radical (unpaired) electrons. The smallest absolute Gasteiger partial charge is 0.471 e. The number of hydrogen-bond acceptors (Lipinski definition) is 4. The van der Waals surface area contributed by atoms with E-state index in [0.29, 0.717) is 22.2 Å². The van der Waals surface area contributed by atoms with Gasteiger partial charge in [0.15, 0.2) is 0 Å². The first-order valence-corrected chi connectivity index (χ1v) is 7.48.